The number of hydrogen-bond donors (Lipinski definition) is 5. The number of benzene rings is 4. The maximum Gasteiger partial charge on any atom is 0.251 e. The molecular formula is C59H63N13O4. The zero-order valence-electron chi connectivity index (χ0n) is 43.3. The summed E-state index contributed by atoms with van der Waals surface area (Å²) in [5.41, 5.74) is 8.33. The summed E-state index contributed by atoms with van der Waals surface area (Å²) in [4.78, 5) is 49.5. The minimum atomic E-state index is -0.435. The summed E-state index contributed by atoms with van der Waals surface area (Å²) in [5.74, 6) is 4.49. The van der Waals surface area contributed by atoms with Crippen molar-refractivity contribution in [3.63, 3.8) is 0 Å². The number of ketones is 1. The predicted molar refractivity (Wildman–Crippen MR) is 291 cm³/mol. The molecule has 0 radical (unpaired) electrons. The standard InChI is InChI=1S/C30H32N6O2.C29H31N7O2/c1-20-8-10-21(11-9-20)28-32-29(35-34-28)30(12-15-36(2)16-13-30)33-24-6-3-5-22(17-24)25(37)18-23-19-38-26-7-4-14-31-27(23)26;1-19-6-7-25-23(16-19)24(18-38-25)31-27(37)21-4-3-5-22(17-21)33-29(10-14-36(2)15-11-29)28-32-26(34-35-28)20-8-12-30-13-9-20/h3-11,14,17,23,33H,12-13,15-16,18-19H2,1-2H3,(H,32,34,35);3-9,12-13,16-17,24,33H,10-11,14-15,18H2,1-2H3,(H,31,37)(H,32,34,35)/t23-;/m0./s1. The Balaban J connectivity index is 0.000000162. The molecule has 4 aliphatic rings. The average molecular weight is 1020 g/mol. The molecule has 4 aliphatic heterocycles. The molecule has 2 saturated heterocycles. The van der Waals surface area contributed by atoms with Crippen LogP contribution < -0.4 is 25.4 Å². The third-order valence-corrected chi connectivity index (χ3v) is 15.2. The van der Waals surface area contributed by atoms with Gasteiger partial charge < -0.3 is 35.2 Å². The van der Waals surface area contributed by atoms with E-state index >= 15 is 0 Å². The highest BCUT2D eigenvalue weighted by Gasteiger charge is 2.41. The molecule has 2 fully saturated rings. The molecule has 1 amide bonds. The second kappa shape index (κ2) is 21.5. The number of nitrogens with one attached hydrogen (secondary N) is 5. The van der Waals surface area contributed by atoms with E-state index in [0.717, 1.165) is 114 Å². The SMILES string of the molecule is Cc1ccc(-c2n[nH]c(C3(Nc4cccc(C(=O)C[C@H]5COc6cccnc65)c4)CCN(C)CC3)n2)cc1.Cc1ccc2c(c1)C(NC(=O)c1cccc(NC3(c4nc(-c5ccncc5)n[nH]4)CCN(C)CC3)c1)CO2. The minimum absolute atomic E-state index is 0.0232. The van der Waals surface area contributed by atoms with Crippen molar-refractivity contribution in [3.05, 3.63) is 179 Å². The average Bonchev–Trinajstić information content (AvgIpc) is 4.33. The number of anilines is 2. The topological polar surface area (TPSA) is 204 Å². The molecule has 2 atom stereocenters. The minimum Gasteiger partial charge on any atom is -0.491 e. The second-order valence-electron chi connectivity index (χ2n) is 20.7. The summed E-state index contributed by atoms with van der Waals surface area (Å²) in [7, 11) is 4.27. The number of nitrogens with zero attached hydrogens (tertiary/aromatic N) is 8. The first kappa shape index (κ1) is 49.9. The second-order valence-corrected chi connectivity index (χ2v) is 20.7. The van der Waals surface area contributed by atoms with Crippen LogP contribution in [0.3, 0.4) is 0 Å². The molecule has 4 aromatic carbocycles. The zero-order valence-corrected chi connectivity index (χ0v) is 43.3. The van der Waals surface area contributed by atoms with Gasteiger partial charge in [-0.2, -0.15) is 10.2 Å². The van der Waals surface area contributed by atoms with E-state index in [2.05, 4.69) is 107 Å². The third-order valence-electron chi connectivity index (χ3n) is 15.2. The number of H-pyrrole nitrogens is 2. The fourth-order valence-electron chi connectivity index (χ4n) is 10.6. The number of pyridine rings is 2. The Labute approximate surface area is 442 Å². The van der Waals surface area contributed by atoms with E-state index in [1.165, 1.54) is 5.56 Å². The van der Waals surface area contributed by atoms with Crippen molar-refractivity contribution in [2.45, 2.75) is 69.0 Å². The zero-order chi connectivity index (χ0) is 52.2. The van der Waals surface area contributed by atoms with Crippen LogP contribution in [0, 0.1) is 13.8 Å². The third kappa shape index (κ3) is 10.8. The number of aromatic nitrogens is 8. The highest BCUT2D eigenvalue weighted by atomic mass is 16.5. The van der Waals surface area contributed by atoms with Gasteiger partial charge in [0.05, 0.1) is 29.4 Å². The lowest BCUT2D eigenvalue weighted by Crippen LogP contribution is -2.46. The number of rotatable bonds is 13. The normalized spacial score (nSPS) is 18.5. The molecule has 17 heteroatoms. The van der Waals surface area contributed by atoms with Gasteiger partial charge in [0.15, 0.2) is 29.1 Å². The van der Waals surface area contributed by atoms with Crippen molar-refractivity contribution in [2.75, 3.05) is 64.1 Å². The molecule has 0 aliphatic carbocycles. The van der Waals surface area contributed by atoms with Crippen LogP contribution in [-0.2, 0) is 11.1 Å². The highest BCUT2D eigenvalue weighted by Crippen LogP contribution is 2.39. The lowest BCUT2D eigenvalue weighted by Gasteiger charge is -2.40. The van der Waals surface area contributed by atoms with Gasteiger partial charge in [0, 0.05) is 96.3 Å². The Kier molecular flexibility index (Phi) is 14.1. The van der Waals surface area contributed by atoms with Crippen molar-refractivity contribution < 1.29 is 19.1 Å². The summed E-state index contributed by atoms with van der Waals surface area (Å²) in [5, 5.41) is 26.1. The molecule has 5 N–H and O–H groups in total. The Morgan fingerprint density at radius 1 is 0.632 bits per heavy atom. The number of aromatic amines is 2. The van der Waals surface area contributed by atoms with Crippen molar-refractivity contribution >= 4 is 23.1 Å². The van der Waals surface area contributed by atoms with Gasteiger partial charge >= 0.3 is 0 Å². The van der Waals surface area contributed by atoms with Crippen LogP contribution in [-0.4, -0.2) is 115 Å². The van der Waals surface area contributed by atoms with E-state index in [1.54, 1.807) is 18.6 Å². The first-order chi connectivity index (χ1) is 37.0. The van der Waals surface area contributed by atoms with E-state index < -0.39 is 11.1 Å². The van der Waals surface area contributed by atoms with Crippen LogP contribution in [0.1, 0.15) is 98.8 Å². The van der Waals surface area contributed by atoms with Gasteiger partial charge in [-0.25, -0.2) is 9.97 Å². The van der Waals surface area contributed by atoms with E-state index in [9.17, 15) is 9.59 Å². The summed E-state index contributed by atoms with van der Waals surface area (Å²) in [6.07, 6.45) is 9.03. The molecule has 0 saturated carbocycles. The van der Waals surface area contributed by atoms with E-state index in [0.29, 0.717) is 42.4 Å². The van der Waals surface area contributed by atoms with Crippen LogP contribution in [0.15, 0.2) is 134 Å². The van der Waals surface area contributed by atoms with Crippen molar-refractivity contribution in [3.8, 4) is 34.3 Å². The van der Waals surface area contributed by atoms with Gasteiger partial charge in [-0.1, -0.05) is 65.7 Å². The number of carbonyl (C=O) groups is 2. The molecule has 1 unspecified atom stereocenters. The van der Waals surface area contributed by atoms with E-state index in [-0.39, 0.29) is 23.7 Å². The molecule has 12 rings (SSSR count). The van der Waals surface area contributed by atoms with Crippen molar-refractivity contribution in [2.24, 2.45) is 0 Å². The number of piperidine rings is 2. The molecular weight excluding hydrogens is 955 g/mol. The predicted octanol–water partition coefficient (Wildman–Crippen LogP) is 9.03. The summed E-state index contributed by atoms with van der Waals surface area (Å²) < 4.78 is 11.5. The Morgan fingerprint density at radius 3 is 1.86 bits per heavy atom. The highest BCUT2D eigenvalue weighted by molar-refractivity contribution is 5.97. The first-order valence-electron chi connectivity index (χ1n) is 26.1. The molecule has 8 aromatic rings. The smallest absolute Gasteiger partial charge is 0.251 e. The number of ether oxygens (including phenoxy) is 2. The van der Waals surface area contributed by atoms with Crippen LogP contribution in [0.5, 0.6) is 11.5 Å². The van der Waals surface area contributed by atoms with Crippen molar-refractivity contribution in [1.82, 2.24) is 55.4 Å². The van der Waals surface area contributed by atoms with E-state index in [4.69, 9.17) is 19.4 Å². The quantitative estimate of drug-likeness (QED) is 0.0684. The molecule has 17 nitrogen and oxygen atoms in total. The van der Waals surface area contributed by atoms with Crippen molar-refractivity contribution in [1.29, 1.82) is 0 Å². The van der Waals surface area contributed by atoms with E-state index in [1.807, 2.05) is 91.9 Å². The fraction of sp³-hybridized carbons (Fsp3) is 0.322. The summed E-state index contributed by atoms with van der Waals surface area (Å²) >= 11 is 0. The van der Waals surface area contributed by atoms with Gasteiger partial charge in [-0.3, -0.25) is 29.8 Å². The molecule has 0 spiro atoms. The number of Topliss-reactive ketones (excluding diaryl/α,β-unsaturated/α-hetero) is 1. The molecule has 8 heterocycles. The van der Waals surface area contributed by atoms with Gasteiger partial charge in [0.25, 0.3) is 5.91 Å². The Hall–Kier alpha value is -8.28. The lowest BCUT2D eigenvalue weighted by atomic mass is 9.86. The number of fused-ring (bicyclic) bond motifs is 2. The van der Waals surface area contributed by atoms with Gasteiger partial charge in [-0.15, -0.1) is 0 Å². The first-order valence-corrected chi connectivity index (χ1v) is 26.1. The van der Waals surface area contributed by atoms with Gasteiger partial charge in [0.2, 0.25) is 0 Å². The van der Waals surface area contributed by atoms with Crippen LogP contribution in [0.25, 0.3) is 22.8 Å². The monoisotopic (exact) mass is 1020 g/mol. The number of hydrogen-bond acceptors (Lipinski definition) is 14. The van der Waals surface area contributed by atoms with Crippen LogP contribution in [0.2, 0.25) is 0 Å². The number of likely N-dealkylation sites (tertiary alicyclic amines) is 2. The van der Waals surface area contributed by atoms with Gasteiger partial charge in [-0.05, 0) is 114 Å². The van der Waals surface area contributed by atoms with Crippen LogP contribution in [0.4, 0.5) is 11.4 Å². The largest absolute Gasteiger partial charge is 0.491 e. The molecule has 76 heavy (non-hydrogen) atoms. The maximum atomic E-state index is 13.3. The number of carbonyl (C=O) groups excluding carboxylic acids is 2. The lowest BCUT2D eigenvalue weighted by molar-refractivity contribution is 0.0928. The molecule has 388 valence electrons. The number of aryl methyl sites for hydroxylation is 2. The number of amides is 1. The molecule has 0 bridgehead atoms. The van der Waals surface area contributed by atoms with Crippen LogP contribution >= 0.6 is 0 Å². The molecule has 4 aromatic heterocycles. The fourth-order valence-corrected chi connectivity index (χ4v) is 10.6. The Bertz CT molecular complexity index is 3330. The maximum absolute atomic E-state index is 13.3. The summed E-state index contributed by atoms with van der Waals surface area (Å²) in [6.45, 7) is 8.73. The Morgan fingerprint density at radius 2 is 1.21 bits per heavy atom. The van der Waals surface area contributed by atoms with Gasteiger partial charge in [0.1, 0.15) is 18.1 Å². The summed E-state index contributed by atoms with van der Waals surface area (Å²) in [6, 6.07) is 37.1.